The lowest BCUT2D eigenvalue weighted by atomic mass is 10.2. The Balaban J connectivity index is 2.11. The fraction of sp³-hybridized carbons (Fsp3) is 0.400. The second-order valence-corrected chi connectivity index (χ2v) is 4.34. The van der Waals surface area contributed by atoms with Crippen LogP contribution in [-0.2, 0) is 4.79 Å². The smallest absolute Gasteiger partial charge is 0.243 e. The van der Waals surface area contributed by atoms with Gasteiger partial charge in [0.1, 0.15) is 0 Å². The van der Waals surface area contributed by atoms with Crippen molar-refractivity contribution in [1.29, 1.82) is 0 Å². The molecule has 1 aromatic rings. The van der Waals surface area contributed by atoms with Gasteiger partial charge in [0.25, 0.3) is 0 Å². The Morgan fingerprint density at radius 1 is 1.32 bits per heavy atom. The Hall–Kier alpha value is -1.81. The zero-order valence-corrected chi connectivity index (χ0v) is 11.4. The van der Waals surface area contributed by atoms with Crippen molar-refractivity contribution in [3.8, 4) is 0 Å². The normalized spacial score (nSPS) is 10.6. The molecule has 4 nitrogen and oxygen atoms in total. The van der Waals surface area contributed by atoms with E-state index in [1.807, 2.05) is 18.2 Å². The van der Waals surface area contributed by atoms with Crippen LogP contribution in [0.2, 0.25) is 0 Å². The predicted octanol–water partition coefficient (Wildman–Crippen LogP) is 1.57. The summed E-state index contributed by atoms with van der Waals surface area (Å²) in [7, 11) is 2.07. The third-order valence-corrected chi connectivity index (χ3v) is 2.79. The summed E-state index contributed by atoms with van der Waals surface area (Å²) in [4.78, 5) is 13.4. The number of para-hydroxylation sites is 1. The summed E-state index contributed by atoms with van der Waals surface area (Å²) < 4.78 is 0. The van der Waals surface area contributed by atoms with Crippen LogP contribution in [0.4, 0.5) is 5.69 Å². The molecular formula is C15H22N2O2. The van der Waals surface area contributed by atoms with Crippen LogP contribution in [0.25, 0.3) is 0 Å². The van der Waals surface area contributed by atoms with Gasteiger partial charge in [-0.05, 0) is 25.0 Å². The van der Waals surface area contributed by atoms with E-state index >= 15 is 0 Å². The van der Waals surface area contributed by atoms with E-state index in [4.69, 9.17) is 5.11 Å². The number of rotatable bonds is 8. The van der Waals surface area contributed by atoms with Gasteiger partial charge >= 0.3 is 0 Å². The van der Waals surface area contributed by atoms with Crippen molar-refractivity contribution < 1.29 is 9.90 Å². The van der Waals surface area contributed by atoms with Crippen LogP contribution in [0.15, 0.2) is 42.5 Å². The van der Waals surface area contributed by atoms with Crippen LogP contribution in [0.5, 0.6) is 0 Å². The number of unbranched alkanes of at least 4 members (excludes halogenated alkanes) is 1. The molecule has 0 heterocycles. The molecule has 1 aromatic carbocycles. The lowest BCUT2D eigenvalue weighted by Crippen LogP contribution is -2.24. The number of aliphatic hydroxyl groups is 1. The summed E-state index contributed by atoms with van der Waals surface area (Å²) in [6.45, 7) is 1.53. The molecule has 0 radical (unpaired) electrons. The van der Waals surface area contributed by atoms with Gasteiger partial charge in [-0.3, -0.25) is 4.79 Å². The maximum Gasteiger partial charge on any atom is 0.243 e. The molecule has 19 heavy (non-hydrogen) atoms. The SMILES string of the molecule is CN(CCCCNC(=O)/C=C/CO)c1ccccc1. The Bertz CT molecular complexity index is 390. The number of nitrogens with one attached hydrogen (secondary N) is 1. The largest absolute Gasteiger partial charge is 0.392 e. The van der Waals surface area contributed by atoms with E-state index in [-0.39, 0.29) is 12.5 Å². The van der Waals surface area contributed by atoms with Crippen molar-refractivity contribution in [2.45, 2.75) is 12.8 Å². The molecule has 1 rings (SSSR count). The van der Waals surface area contributed by atoms with E-state index in [1.165, 1.54) is 17.8 Å². The van der Waals surface area contributed by atoms with Crippen LogP contribution in [0, 0.1) is 0 Å². The molecule has 0 bridgehead atoms. The average molecular weight is 262 g/mol. The van der Waals surface area contributed by atoms with Gasteiger partial charge in [0, 0.05) is 31.9 Å². The maximum atomic E-state index is 11.2. The van der Waals surface area contributed by atoms with Crippen molar-refractivity contribution >= 4 is 11.6 Å². The fourth-order valence-corrected chi connectivity index (χ4v) is 1.72. The number of carbonyl (C=O) groups excluding carboxylic acids is 1. The molecule has 0 fully saturated rings. The highest BCUT2D eigenvalue weighted by Crippen LogP contribution is 2.11. The number of hydrogen-bond acceptors (Lipinski definition) is 3. The zero-order chi connectivity index (χ0) is 13.9. The van der Waals surface area contributed by atoms with Crippen LogP contribution in [-0.4, -0.2) is 37.8 Å². The summed E-state index contributed by atoms with van der Waals surface area (Å²) in [6.07, 6.45) is 4.75. The van der Waals surface area contributed by atoms with Crippen molar-refractivity contribution in [3.05, 3.63) is 42.5 Å². The van der Waals surface area contributed by atoms with Crippen LogP contribution < -0.4 is 10.2 Å². The first-order valence-electron chi connectivity index (χ1n) is 6.55. The summed E-state index contributed by atoms with van der Waals surface area (Å²) in [6, 6.07) is 10.2. The van der Waals surface area contributed by atoms with Crippen molar-refractivity contribution in [1.82, 2.24) is 5.32 Å². The molecule has 0 spiro atoms. The number of hydrogen-bond donors (Lipinski definition) is 2. The minimum absolute atomic E-state index is 0.102. The summed E-state index contributed by atoms with van der Waals surface area (Å²) in [5.74, 6) is -0.148. The molecule has 0 aliphatic rings. The highest BCUT2D eigenvalue weighted by molar-refractivity contribution is 5.87. The molecule has 0 saturated heterocycles. The number of amides is 1. The average Bonchev–Trinajstić information content (AvgIpc) is 2.45. The molecule has 4 heteroatoms. The van der Waals surface area contributed by atoms with E-state index in [9.17, 15) is 4.79 Å². The number of carbonyl (C=O) groups is 1. The minimum Gasteiger partial charge on any atom is -0.392 e. The molecule has 1 amide bonds. The maximum absolute atomic E-state index is 11.2. The van der Waals surface area contributed by atoms with Crippen LogP contribution in [0.1, 0.15) is 12.8 Å². The van der Waals surface area contributed by atoms with Gasteiger partial charge in [0.05, 0.1) is 6.61 Å². The number of aliphatic hydroxyl groups excluding tert-OH is 1. The van der Waals surface area contributed by atoms with Crippen molar-refractivity contribution in [3.63, 3.8) is 0 Å². The molecule has 0 aliphatic heterocycles. The van der Waals surface area contributed by atoms with Crippen molar-refractivity contribution in [2.24, 2.45) is 0 Å². The highest BCUT2D eigenvalue weighted by Gasteiger charge is 1.99. The zero-order valence-electron chi connectivity index (χ0n) is 11.4. The Morgan fingerprint density at radius 3 is 2.74 bits per heavy atom. The molecule has 104 valence electrons. The molecule has 0 atom stereocenters. The van der Waals surface area contributed by atoms with Gasteiger partial charge in [-0.1, -0.05) is 24.3 Å². The Morgan fingerprint density at radius 2 is 2.05 bits per heavy atom. The van der Waals surface area contributed by atoms with E-state index in [2.05, 4.69) is 29.4 Å². The summed E-state index contributed by atoms with van der Waals surface area (Å²) in [5, 5.41) is 11.3. The fourth-order valence-electron chi connectivity index (χ4n) is 1.72. The Kier molecular flexibility index (Phi) is 7.35. The molecular weight excluding hydrogens is 240 g/mol. The van der Waals surface area contributed by atoms with E-state index in [0.29, 0.717) is 6.54 Å². The monoisotopic (exact) mass is 262 g/mol. The first-order chi connectivity index (χ1) is 9.24. The van der Waals surface area contributed by atoms with Gasteiger partial charge in [0.15, 0.2) is 0 Å². The lowest BCUT2D eigenvalue weighted by molar-refractivity contribution is -0.116. The van der Waals surface area contributed by atoms with Gasteiger partial charge in [-0.2, -0.15) is 0 Å². The Labute approximate surface area is 114 Å². The lowest BCUT2D eigenvalue weighted by Gasteiger charge is -2.18. The van der Waals surface area contributed by atoms with Gasteiger partial charge in [-0.15, -0.1) is 0 Å². The molecule has 0 unspecified atom stereocenters. The number of nitrogens with zero attached hydrogens (tertiary/aromatic N) is 1. The first-order valence-corrected chi connectivity index (χ1v) is 6.55. The van der Waals surface area contributed by atoms with Crippen LogP contribution in [0.3, 0.4) is 0 Å². The molecule has 0 aliphatic carbocycles. The molecule has 0 aromatic heterocycles. The third kappa shape index (κ3) is 6.62. The first kappa shape index (κ1) is 15.2. The van der Waals surface area contributed by atoms with E-state index < -0.39 is 0 Å². The third-order valence-electron chi connectivity index (χ3n) is 2.79. The second-order valence-electron chi connectivity index (χ2n) is 4.34. The summed E-state index contributed by atoms with van der Waals surface area (Å²) >= 11 is 0. The number of benzene rings is 1. The highest BCUT2D eigenvalue weighted by atomic mass is 16.2. The number of anilines is 1. The second kappa shape index (κ2) is 9.16. The molecule has 2 N–H and O–H groups in total. The van der Waals surface area contributed by atoms with Crippen molar-refractivity contribution in [2.75, 3.05) is 31.6 Å². The van der Waals surface area contributed by atoms with Crippen LogP contribution >= 0.6 is 0 Å². The van der Waals surface area contributed by atoms with Gasteiger partial charge in [-0.25, -0.2) is 0 Å². The molecule has 0 saturated carbocycles. The standard InChI is InChI=1S/C15H22N2O2/c1-17(14-8-3-2-4-9-14)12-6-5-11-16-15(19)10-7-13-18/h2-4,7-10,18H,5-6,11-13H2,1H3,(H,16,19)/b10-7+. The van der Waals surface area contributed by atoms with Gasteiger partial charge < -0.3 is 15.3 Å². The minimum atomic E-state index is -0.148. The summed E-state index contributed by atoms with van der Waals surface area (Å²) in [5.41, 5.74) is 1.21. The van der Waals surface area contributed by atoms with Gasteiger partial charge in [0.2, 0.25) is 5.91 Å². The quantitative estimate of drug-likeness (QED) is 0.552. The van der Waals surface area contributed by atoms with E-state index in [1.54, 1.807) is 0 Å². The topological polar surface area (TPSA) is 52.6 Å². The van der Waals surface area contributed by atoms with E-state index in [0.717, 1.165) is 19.4 Å². The predicted molar refractivity (Wildman–Crippen MR) is 78.2 cm³/mol.